The molecule has 0 saturated carbocycles. The Bertz CT molecular complexity index is 1030. The lowest BCUT2D eigenvalue weighted by molar-refractivity contribution is -0.136. The molecule has 1 aromatic heterocycles. The van der Waals surface area contributed by atoms with Crippen LogP contribution < -0.4 is 14.8 Å². The van der Waals surface area contributed by atoms with E-state index >= 15 is 0 Å². The molecule has 1 N–H and O–H groups in total. The predicted molar refractivity (Wildman–Crippen MR) is 112 cm³/mol. The number of hydrogen-bond donors (Lipinski definition) is 1. The van der Waals surface area contributed by atoms with Gasteiger partial charge < -0.3 is 24.4 Å². The average molecular weight is 421 g/mol. The van der Waals surface area contributed by atoms with Crippen LogP contribution in [0.25, 0.3) is 0 Å². The van der Waals surface area contributed by atoms with E-state index in [0.29, 0.717) is 30.3 Å². The highest BCUT2D eigenvalue weighted by atomic mass is 16.5. The van der Waals surface area contributed by atoms with E-state index in [2.05, 4.69) is 10.3 Å². The molecule has 31 heavy (non-hydrogen) atoms. The third-order valence-electron chi connectivity index (χ3n) is 6.22. The summed E-state index contributed by atoms with van der Waals surface area (Å²) in [4.78, 5) is 32.4. The summed E-state index contributed by atoms with van der Waals surface area (Å²) in [5.41, 5.74) is 0.784. The molecule has 160 valence electrons. The van der Waals surface area contributed by atoms with Crippen LogP contribution in [0, 0.1) is 11.8 Å². The van der Waals surface area contributed by atoms with Gasteiger partial charge in [-0.3, -0.25) is 14.6 Å². The Balaban J connectivity index is 1.38. The number of pyridine rings is 1. The van der Waals surface area contributed by atoms with Crippen LogP contribution in [0.4, 0.5) is 5.69 Å². The molecule has 0 radical (unpaired) electrons. The van der Waals surface area contributed by atoms with Crippen LogP contribution in [0.5, 0.6) is 11.5 Å². The second kappa shape index (κ2) is 7.39. The number of methoxy groups -OCH3 is 2. The zero-order valence-corrected chi connectivity index (χ0v) is 17.3. The summed E-state index contributed by atoms with van der Waals surface area (Å²) >= 11 is 0. The Hall–Kier alpha value is -3.39. The molecule has 5 rings (SSSR count). The van der Waals surface area contributed by atoms with Crippen molar-refractivity contribution in [2.75, 3.05) is 26.1 Å². The van der Waals surface area contributed by atoms with Crippen molar-refractivity contribution in [2.24, 2.45) is 11.8 Å². The largest absolute Gasteiger partial charge is 0.497 e. The molecule has 2 aromatic rings. The van der Waals surface area contributed by atoms with Crippen LogP contribution in [-0.4, -0.2) is 54.2 Å². The first-order chi connectivity index (χ1) is 15.0. The number of nitrogens with one attached hydrogen (secondary N) is 1. The highest BCUT2D eigenvalue weighted by molar-refractivity contribution is 5.99. The van der Waals surface area contributed by atoms with Crippen LogP contribution in [0.3, 0.4) is 0 Å². The fraction of sp³-hybridized carbons (Fsp3) is 0.348. The second-order valence-electron chi connectivity index (χ2n) is 8.04. The molecule has 0 aliphatic carbocycles. The number of carbonyl (C=O) groups is 2. The van der Waals surface area contributed by atoms with Crippen molar-refractivity contribution in [1.82, 2.24) is 9.88 Å². The van der Waals surface area contributed by atoms with E-state index in [1.54, 1.807) is 49.7 Å². The molecular formula is C23H23N3O5. The highest BCUT2D eigenvalue weighted by Gasteiger charge is 2.66. The SMILES string of the molecule is COc1cc(NC(=O)[C@H]2[C@H]3C(=O)N(Cc4ccncc4)C[C@@]34C=C[C@H]2O4)cc(OC)c1. The summed E-state index contributed by atoms with van der Waals surface area (Å²) in [6.45, 7) is 0.894. The van der Waals surface area contributed by atoms with Crippen molar-refractivity contribution < 1.29 is 23.8 Å². The van der Waals surface area contributed by atoms with Gasteiger partial charge in [0.1, 0.15) is 17.1 Å². The van der Waals surface area contributed by atoms with Gasteiger partial charge in [-0.2, -0.15) is 0 Å². The fourth-order valence-electron chi connectivity index (χ4n) is 4.83. The van der Waals surface area contributed by atoms with Gasteiger partial charge >= 0.3 is 0 Å². The van der Waals surface area contributed by atoms with E-state index in [9.17, 15) is 9.59 Å². The minimum absolute atomic E-state index is 0.0629. The number of carbonyl (C=O) groups excluding carboxylic acids is 2. The fourth-order valence-corrected chi connectivity index (χ4v) is 4.83. The van der Waals surface area contributed by atoms with Gasteiger partial charge in [-0.05, 0) is 17.7 Å². The number of nitrogens with zero attached hydrogens (tertiary/aromatic N) is 2. The zero-order valence-electron chi connectivity index (χ0n) is 17.3. The first-order valence-corrected chi connectivity index (χ1v) is 10.1. The number of hydrogen-bond acceptors (Lipinski definition) is 6. The van der Waals surface area contributed by atoms with Crippen molar-refractivity contribution in [3.05, 3.63) is 60.4 Å². The summed E-state index contributed by atoms with van der Waals surface area (Å²) in [6.07, 6.45) is 6.84. The van der Waals surface area contributed by atoms with Gasteiger partial charge in [-0.15, -0.1) is 0 Å². The molecule has 2 saturated heterocycles. The van der Waals surface area contributed by atoms with E-state index in [1.165, 1.54) is 0 Å². The lowest BCUT2D eigenvalue weighted by Gasteiger charge is -2.23. The molecule has 1 aromatic carbocycles. The van der Waals surface area contributed by atoms with Gasteiger partial charge in [0.25, 0.3) is 0 Å². The molecule has 3 aliphatic rings. The van der Waals surface area contributed by atoms with E-state index in [4.69, 9.17) is 14.2 Å². The number of benzene rings is 1. The Kier molecular flexibility index (Phi) is 4.66. The van der Waals surface area contributed by atoms with Crippen molar-refractivity contribution in [1.29, 1.82) is 0 Å². The zero-order chi connectivity index (χ0) is 21.6. The van der Waals surface area contributed by atoms with Crippen molar-refractivity contribution in [3.8, 4) is 11.5 Å². The molecule has 2 bridgehead atoms. The number of likely N-dealkylation sites (tertiary alicyclic amines) is 1. The number of anilines is 1. The quantitative estimate of drug-likeness (QED) is 0.718. The first kappa shape index (κ1) is 19.6. The van der Waals surface area contributed by atoms with Crippen molar-refractivity contribution in [2.45, 2.75) is 18.2 Å². The van der Waals surface area contributed by atoms with Crippen LogP contribution in [0.15, 0.2) is 54.9 Å². The molecule has 2 amide bonds. The summed E-state index contributed by atoms with van der Waals surface area (Å²) in [6, 6.07) is 8.92. The third-order valence-corrected chi connectivity index (χ3v) is 6.22. The third kappa shape index (κ3) is 3.23. The molecule has 0 unspecified atom stereocenters. The van der Waals surface area contributed by atoms with Gasteiger partial charge in [0.2, 0.25) is 11.8 Å². The lowest BCUT2D eigenvalue weighted by Crippen LogP contribution is -2.41. The molecule has 8 nitrogen and oxygen atoms in total. The van der Waals surface area contributed by atoms with Gasteiger partial charge in [0.05, 0.1) is 38.7 Å². The summed E-state index contributed by atoms with van der Waals surface area (Å²) in [5, 5.41) is 2.92. The maximum absolute atomic E-state index is 13.3. The molecule has 3 aliphatic heterocycles. The van der Waals surface area contributed by atoms with Crippen molar-refractivity contribution >= 4 is 17.5 Å². The Morgan fingerprint density at radius 2 is 1.94 bits per heavy atom. The summed E-state index contributed by atoms with van der Waals surface area (Å²) < 4.78 is 16.7. The topological polar surface area (TPSA) is 90.0 Å². The maximum Gasteiger partial charge on any atom is 0.231 e. The van der Waals surface area contributed by atoms with Crippen LogP contribution in [0.1, 0.15) is 5.56 Å². The molecule has 1 spiro atoms. The number of amides is 2. The smallest absolute Gasteiger partial charge is 0.231 e. The minimum Gasteiger partial charge on any atom is -0.497 e. The minimum atomic E-state index is -0.747. The highest BCUT2D eigenvalue weighted by Crippen LogP contribution is 2.52. The van der Waals surface area contributed by atoms with E-state index in [0.717, 1.165) is 5.56 Å². The number of fused-ring (bicyclic) bond motifs is 1. The first-order valence-electron chi connectivity index (χ1n) is 10.1. The second-order valence-corrected chi connectivity index (χ2v) is 8.04. The molecular weight excluding hydrogens is 398 g/mol. The predicted octanol–water partition coefficient (Wildman–Crippen LogP) is 2.02. The van der Waals surface area contributed by atoms with Crippen molar-refractivity contribution in [3.63, 3.8) is 0 Å². The molecule has 4 heterocycles. The average Bonchev–Trinajstić information content (AvgIpc) is 3.42. The number of ether oxygens (including phenoxy) is 3. The summed E-state index contributed by atoms with van der Waals surface area (Å²) in [5.74, 6) is -0.331. The normalized spacial score (nSPS) is 28.0. The van der Waals surface area contributed by atoms with E-state index in [1.807, 2.05) is 24.3 Å². The van der Waals surface area contributed by atoms with Crippen LogP contribution >= 0.6 is 0 Å². The van der Waals surface area contributed by atoms with Gasteiger partial charge in [-0.1, -0.05) is 12.2 Å². The van der Waals surface area contributed by atoms with E-state index in [-0.39, 0.29) is 11.8 Å². The summed E-state index contributed by atoms with van der Waals surface area (Å²) in [7, 11) is 3.10. The molecule has 2 fully saturated rings. The van der Waals surface area contributed by atoms with Gasteiger partial charge in [0, 0.05) is 42.8 Å². The van der Waals surface area contributed by atoms with Gasteiger partial charge in [-0.25, -0.2) is 0 Å². The Morgan fingerprint density at radius 3 is 2.61 bits per heavy atom. The van der Waals surface area contributed by atoms with E-state index < -0.39 is 23.5 Å². The van der Waals surface area contributed by atoms with Gasteiger partial charge in [0.15, 0.2) is 0 Å². The number of aromatic nitrogens is 1. The maximum atomic E-state index is 13.3. The lowest BCUT2D eigenvalue weighted by atomic mass is 9.77. The standard InChI is InChI=1S/C23H23N3O5/c1-29-16-9-15(10-17(11-16)30-2)25-21(27)19-18-3-6-23(31-18)13-26(22(28)20(19)23)12-14-4-7-24-8-5-14/h3-11,18-20H,12-13H2,1-2H3,(H,25,27)/t18-,19-,20+,23+/m1/s1. The van der Waals surface area contributed by atoms with Crippen LogP contribution in [0.2, 0.25) is 0 Å². The monoisotopic (exact) mass is 421 g/mol. The van der Waals surface area contributed by atoms with Crippen LogP contribution in [-0.2, 0) is 20.9 Å². The Morgan fingerprint density at radius 1 is 1.23 bits per heavy atom. The number of rotatable bonds is 6. The molecule has 8 heteroatoms. The molecule has 4 atom stereocenters. The Labute approximate surface area is 179 Å².